The average molecular weight is 437 g/mol. The minimum atomic E-state index is -0.536. The number of benzene rings is 1. The van der Waals surface area contributed by atoms with Gasteiger partial charge in [-0.25, -0.2) is 0 Å². The lowest BCUT2D eigenvalue weighted by atomic mass is 9.72. The number of amides is 1. The minimum Gasteiger partial charge on any atom is -0.399 e. The lowest BCUT2D eigenvalue weighted by Gasteiger charge is -2.32. The predicted molar refractivity (Wildman–Crippen MR) is 123 cm³/mol. The maximum atomic E-state index is 12.8. The maximum absolute atomic E-state index is 12.8. The highest BCUT2D eigenvalue weighted by Gasteiger charge is 2.52. The molecule has 5 nitrogen and oxygen atoms in total. The molecule has 0 unspecified atom stereocenters. The van der Waals surface area contributed by atoms with Gasteiger partial charge in [-0.1, -0.05) is 48.9 Å². The Bertz CT molecular complexity index is 736. The van der Waals surface area contributed by atoms with E-state index in [2.05, 4.69) is 5.32 Å². The van der Waals surface area contributed by atoms with Crippen molar-refractivity contribution in [2.24, 2.45) is 5.41 Å². The Kier molecular flexibility index (Phi) is 7.93. The summed E-state index contributed by atoms with van der Waals surface area (Å²) < 4.78 is 12.5. The molecule has 160 valence electrons. The van der Waals surface area contributed by atoms with Gasteiger partial charge in [-0.2, -0.15) is 0 Å². The Morgan fingerprint density at radius 1 is 1.10 bits per heavy atom. The average Bonchev–Trinajstić information content (AvgIpc) is 2.81. The second-order valence-corrected chi connectivity index (χ2v) is 11.4. The second-order valence-electron chi connectivity index (χ2n) is 9.02. The van der Waals surface area contributed by atoms with Crippen LogP contribution < -0.4 is 10.8 Å². The molecule has 1 aliphatic rings. The van der Waals surface area contributed by atoms with Crippen LogP contribution in [-0.4, -0.2) is 41.6 Å². The number of hydrogen-bond donors (Lipinski definition) is 1. The highest BCUT2D eigenvalue weighted by molar-refractivity contribution is 8.82. The van der Waals surface area contributed by atoms with E-state index in [1.165, 1.54) is 28.5 Å². The molecule has 1 aromatic carbocycles. The first kappa shape index (κ1) is 24.3. The molecule has 1 aliphatic heterocycles. The monoisotopic (exact) mass is 437 g/mol. The highest BCUT2D eigenvalue weighted by Crippen LogP contribution is 2.38. The van der Waals surface area contributed by atoms with Crippen molar-refractivity contribution >= 4 is 45.2 Å². The van der Waals surface area contributed by atoms with Gasteiger partial charge in [-0.05, 0) is 55.9 Å². The topological polar surface area (TPSA) is 64.6 Å². The quantitative estimate of drug-likeness (QED) is 0.381. The molecule has 0 atom stereocenters. The molecule has 0 saturated carbocycles. The molecule has 0 radical (unpaired) electrons. The molecule has 2 rings (SSSR count). The van der Waals surface area contributed by atoms with Crippen molar-refractivity contribution in [1.82, 2.24) is 5.32 Å². The van der Waals surface area contributed by atoms with Crippen LogP contribution in [-0.2, 0) is 25.3 Å². The van der Waals surface area contributed by atoms with E-state index >= 15 is 0 Å². The molecular weight excluding hydrogens is 405 g/mol. The summed E-state index contributed by atoms with van der Waals surface area (Å²) in [5.74, 6) is 0.637. The van der Waals surface area contributed by atoms with E-state index in [1.807, 2.05) is 65.8 Å². The molecule has 0 aliphatic carbocycles. The number of rotatable bonds is 8. The standard InChI is InChI=1S/C21H32BNO4S2/c1-15(24)23-12-13-28-29-18(25)19(2,3)14-16-10-8-9-11-17(16)22-26-20(4,5)21(6,7)27-22/h8-11H,12-14H2,1-7H3,(H,23,24). The lowest BCUT2D eigenvalue weighted by molar-refractivity contribution is -0.119. The van der Waals surface area contributed by atoms with E-state index in [0.717, 1.165) is 11.0 Å². The maximum Gasteiger partial charge on any atom is 0.495 e. The van der Waals surface area contributed by atoms with Crippen LogP contribution in [0.2, 0.25) is 0 Å². The van der Waals surface area contributed by atoms with E-state index in [4.69, 9.17) is 9.31 Å². The van der Waals surface area contributed by atoms with Gasteiger partial charge < -0.3 is 14.6 Å². The van der Waals surface area contributed by atoms with E-state index in [1.54, 1.807) is 0 Å². The van der Waals surface area contributed by atoms with E-state index in [9.17, 15) is 9.59 Å². The van der Waals surface area contributed by atoms with Gasteiger partial charge in [-0.3, -0.25) is 9.59 Å². The third-order valence-electron chi connectivity index (χ3n) is 5.44. The van der Waals surface area contributed by atoms with Gasteiger partial charge in [0, 0.05) is 24.6 Å². The van der Waals surface area contributed by atoms with Crippen molar-refractivity contribution in [3.63, 3.8) is 0 Å². The summed E-state index contributed by atoms with van der Waals surface area (Å²) in [6.07, 6.45) is 0.603. The third-order valence-corrected chi connectivity index (χ3v) is 7.94. The molecule has 1 N–H and O–H groups in total. The normalized spacial score (nSPS) is 18.0. The Morgan fingerprint density at radius 3 is 2.28 bits per heavy atom. The van der Waals surface area contributed by atoms with Crippen molar-refractivity contribution in [2.45, 2.75) is 66.1 Å². The van der Waals surface area contributed by atoms with E-state index < -0.39 is 23.7 Å². The van der Waals surface area contributed by atoms with Gasteiger partial charge in [0.05, 0.1) is 11.2 Å². The van der Waals surface area contributed by atoms with Crippen LogP contribution in [0.25, 0.3) is 0 Å². The second kappa shape index (κ2) is 9.46. The highest BCUT2D eigenvalue weighted by atomic mass is 33.1. The van der Waals surface area contributed by atoms with Gasteiger partial charge in [0.15, 0.2) is 0 Å². The summed E-state index contributed by atoms with van der Waals surface area (Å²) in [7, 11) is 2.29. The van der Waals surface area contributed by atoms with Crippen molar-refractivity contribution < 1.29 is 18.9 Å². The molecule has 0 bridgehead atoms. The third kappa shape index (κ3) is 6.26. The lowest BCUT2D eigenvalue weighted by Crippen LogP contribution is -2.41. The summed E-state index contributed by atoms with van der Waals surface area (Å²) >= 11 is 0. The zero-order valence-electron chi connectivity index (χ0n) is 18.5. The Morgan fingerprint density at radius 2 is 1.69 bits per heavy atom. The number of carbonyl (C=O) groups is 2. The summed E-state index contributed by atoms with van der Waals surface area (Å²) in [6, 6.07) is 8.03. The summed E-state index contributed by atoms with van der Waals surface area (Å²) in [4.78, 5) is 23.7. The number of carbonyl (C=O) groups excluding carboxylic acids is 2. The largest absolute Gasteiger partial charge is 0.495 e. The Balaban J connectivity index is 2.04. The molecule has 1 heterocycles. The van der Waals surface area contributed by atoms with Gasteiger partial charge in [0.2, 0.25) is 11.0 Å². The van der Waals surface area contributed by atoms with Crippen LogP contribution in [0.15, 0.2) is 24.3 Å². The number of nitrogens with one attached hydrogen (secondary N) is 1. The molecule has 0 aromatic heterocycles. The zero-order valence-corrected chi connectivity index (χ0v) is 20.1. The van der Waals surface area contributed by atoms with Crippen molar-refractivity contribution in [3.05, 3.63) is 29.8 Å². The first-order valence-corrected chi connectivity index (χ1v) is 12.2. The summed E-state index contributed by atoms with van der Waals surface area (Å²) in [5.41, 5.74) is 0.696. The molecule has 29 heavy (non-hydrogen) atoms. The Hall–Kier alpha value is -0.955. The van der Waals surface area contributed by atoms with Gasteiger partial charge in [-0.15, -0.1) is 0 Å². The minimum absolute atomic E-state index is 0.0541. The van der Waals surface area contributed by atoms with Gasteiger partial charge in [0.1, 0.15) is 0 Å². The first-order chi connectivity index (χ1) is 13.4. The van der Waals surface area contributed by atoms with Crippen LogP contribution in [0.4, 0.5) is 0 Å². The zero-order chi connectivity index (χ0) is 21.9. The fraction of sp³-hybridized carbons (Fsp3) is 0.619. The fourth-order valence-corrected chi connectivity index (χ4v) is 5.09. The van der Waals surface area contributed by atoms with Crippen molar-refractivity contribution in [2.75, 3.05) is 12.3 Å². The van der Waals surface area contributed by atoms with E-state index in [-0.39, 0.29) is 11.0 Å². The molecule has 0 spiro atoms. The molecule has 8 heteroatoms. The summed E-state index contributed by atoms with van der Waals surface area (Å²) in [6.45, 7) is 14.1. The smallest absolute Gasteiger partial charge is 0.399 e. The van der Waals surface area contributed by atoms with E-state index in [0.29, 0.717) is 18.7 Å². The predicted octanol–water partition coefficient (Wildman–Crippen LogP) is 3.60. The van der Waals surface area contributed by atoms with Gasteiger partial charge >= 0.3 is 7.12 Å². The molecule has 1 saturated heterocycles. The Labute approximate surface area is 183 Å². The van der Waals surface area contributed by atoms with Crippen LogP contribution in [0.5, 0.6) is 0 Å². The SMILES string of the molecule is CC(=O)NCCSSC(=O)C(C)(C)Cc1ccccc1B1OC(C)(C)C(C)(C)O1. The van der Waals surface area contributed by atoms with Crippen LogP contribution >= 0.6 is 21.6 Å². The number of hydrogen-bond acceptors (Lipinski definition) is 6. The van der Waals surface area contributed by atoms with Crippen molar-refractivity contribution in [1.29, 1.82) is 0 Å². The fourth-order valence-electron chi connectivity index (χ4n) is 2.92. The molecule has 1 fully saturated rings. The van der Waals surface area contributed by atoms with Crippen LogP contribution in [0.3, 0.4) is 0 Å². The molecule has 1 aromatic rings. The van der Waals surface area contributed by atoms with Crippen LogP contribution in [0.1, 0.15) is 54.0 Å². The molecular formula is C21H32BNO4S2. The van der Waals surface area contributed by atoms with Crippen LogP contribution in [0, 0.1) is 5.41 Å². The first-order valence-electron chi connectivity index (χ1n) is 9.87. The summed E-state index contributed by atoms with van der Waals surface area (Å²) in [5, 5.41) is 2.86. The van der Waals surface area contributed by atoms with Crippen molar-refractivity contribution in [3.8, 4) is 0 Å². The molecule has 1 amide bonds. The van der Waals surface area contributed by atoms with Gasteiger partial charge in [0.25, 0.3) is 0 Å².